The zero-order chi connectivity index (χ0) is 16.8. The molecule has 3 rings (SSSR count). The number of carbonyl (C=O) groups is 1. The van der Waals surface area contributed by atoms with Gasteiger partial charge in [0, 0.05) is 6.54 Å². The maximum absolute atomic E-state index is 12.1. The zero-order valence-corrected chi connectivity index (χ0v) is 14.8. The Morgan fingerprint density at radius 3 is 2.92 bits per heavy atom. The van der Waals surface area contributed by atoms with E-state index in [1.807, 2.05) is 12.1 Å². The molecule has 0 saturated carbocycles. The summed E-state index contributed by atoms with van der Waals surface area (Å²) in [5, 5.41) is 15.5. The van der Waals surface area contributed by atoms with Crippen LogP contribution >= 0.6 is 11.8 Å². The Morgan fingerprint density at radius 2 is 2.12 bits per heavy atom. The smallest absolute Gasteiger partial charge is 0.233 e. The van der Waals surface area contributed by atoms with E-state index in [1.165, 1.54) is 30.2 Å². The number of aryl methyl sites for hydroxylation is 1. The zero-order valence-electron chi connectivity index (χ0n) is 13.9. The van der Waals surface area contributed by atoms with Crippen molar-refractivity contribution in [3.05, 3.63) is 29.8 Å². The van der Waals surface area contributed by atoms with E-state index in [2.05, 4.69) is 39.9 Å². The van der Waals surface area contributed by atoms with Crippen LogP contribution in [-0.2, 0) is 11.2 Å². The lowest BCUT2D eigenvalue weighted by molar-refractivity contribution is -0.120. The highest BCUT2D eigenvalue weighted by molar-refractivity contribution is 8.00. The molecule has 6 nitrogen and oxygen atoms in total. The molecule has 1 fully saturated rings. The van der Waals surface area contributed by atoms with Gasteiger partial charge in [-0.05, 0) is 53.8 Å². The van der Waals surface area contributed by atoms with Crippen LogP contribution < -0.4 is 5.32 Å². The second kappa shape index (κ2) is 8.28. The fourth-order valence-electron chi connectivity index (χ4n) is 2.75. The van der Waals surface area contributed by atoms with Crippen LogP contribution in [0.15, 0.2) is 29.4 Å². The van der Waals surface area contributed by atoms with Crippen LogP contribution in [-0.4, -0.2) is 37.9 Å². The van der Waals surface area contributed by atoms with Gasteiger partial charge in [-0.2, -0.15) is 4.68 Å². The summed E-state index contributed by atoms with van der Waals surface area (Å²) in [6.07, 6.45) is 6.42. The Balaban J connectivity index is 1.73. The summed E-state index contributed by atoms with van der Waals surface area (Å²) in [5.41, 5.74) is 2.25. The largest absolute Gasteiger partial charge is 0.355 e. The minimum atomic E-state index is -0.124. The number of carbonyl (C=O) groups excluding carboxylic acids is 1. The number of rotatable bonds is 6. The number of tetrazole rings is 1. The third kappa shape index (κ3) is 4.14. The molecule has 1 aliphatic heterocycles. The molecular weight excluding hydrogens is 322 g/mol. The second-order valence-electron chi connectivity index (χ2n) is 6.04. The Bertz CT molecular complexity index is 670. The SMILES string of the molecule is CCCCc1ccc(-n2nnnc2S[C@H]2CCCCNC2=O)cc1. The first-order valence-corrected chi connectivity index (χ1v) is 9.48. The number of nitrogens with zero attached hydrogens (tertiary/aromatic N) is 4. The number of hydrogen-bond acceptors (Lipinski definition) is 5. The summed E-state index contributed by atoms with van der Waals surface area (Å²) >= 11 is 1.45. The molecule has 1 N–H and O–H groups in total. The van der Waals surface area contributed by atoms with Crippen LogP contribution in [0.4, 0.5) is 0 Å². The molecule has 2 aromatic rings. The summed E-state index contributed by atoms with van der Waals surface area (Å²) in [4.78, 5) is 12.1. The van der Waals surface area contributed by atoms with E-state index in [-0.39, 0.29) is 11.2 Å². The Hall–Kier alpha value is -1.89. The number of aromatic nitrogens is 4. The first kappa shape index (κ1) is 17.0. The molecule has 0 spiro atoms. The van der Waals surface area contributed by atoms with Crippen molar-refractivity contribution in [3.8, 4) is 5.69 Å². The van der Waals surface area contributed by atoms with E-state index in [4.69, 9.17) is 0 Å². The molecule has 1 aromatic heterocycles. The van der Waals surface area contributed by atoms with Gasteiger partial charge in [0.05, 0.1) is 10.9 Å². The van der Waals surface area contributed by atoms with Crippen molar-refractivity contribution in [2.45, 2.75) is 55.9 Å². The van der Waals surface area contributed by atoms with Crippen molar-refractivity contribution < 1.29 is 4.79 Å². The first-order chi connectivity index (χ1) is 11.8. The third-order valence-electron chi connectivity index (χ3n) is 4.17. The standard InChI is InChI=1S/C17H23N5OS/c1-2-3-6-13-8-10-14(11-9-13)22-17(19-20-21-22)24-15-7-4-5-12-18-16(15)23/h8-11,15H,2-7,12H2,1H3,(H,18,23)/t15-/m0/s1. The van der Waals surface area contributed by atoms with Crippen molar-refractivity contribution in [2.24, 2.45) is 0 Å². The predicted octanol–water partition coefficient (Wildman–Crippen LogP) is 2.77. The topological polar surface area (TPSA) is 72.7 Å². The normalized spacial score (nSPS) is 18.2. The number of thioether (sulfide) groups is 1. The van der Waals surface area contributed by atoms with Crippen molar-refractivity contribution in [2.75, 3.05) is 6.54 Å². The van der Waals surface area contributed by atoms with Gasteiger partial charge in [0.15, 0.2) is 0 Å². The lowest BCUT2D eigenvalue weighted by atomic mass is 10.1. The Labute approximate surface area is 146 Å². The van der Waals surface area contributed by atoms with Gasteiger partial charge in [-0.3, -0.25) is 4.79 Å². The second-order valence-corrected chi connectivity index (χ2v) is 7.21. The summed E-state index contributed by atoms with van der Waals surface area (Å²) < 4.78 is 1.71. The van der Waals surface area contributed by atoms with E-state index >= 15 is 0 Å². The molecule has 128 valence electrons. The Kier molecular flexibility index (Phi) is 5.85. The van der Waals surface area contributed by atoms with Crippen molar-refractivity contribution >= 4 is 17.7 Å². The van der Waals surface area contributed by atoms with E-state index in [0.29, 0.717) is 5.16 Å². The average Bonchev–Trinajstić information content (AvgIpc) is 2.97. The number of unbranched alkanes of at least 4 members (excludes halogenated alkanes) is 1. The quantitative estimate of drug-likeness (QED) is 0.871. The third-order valence-corrected chi connectivity index (χ3v) is 5.37. The van der Waals surface area contributed by atoms with Crippen LogP contribution in [0.1, 0.15) is 44.6 Å². The highest BCUT2D eigenvalue weighted by atomic mass is 32.2. The average molecular weight is 345 g/mol. The van der Waals surface area contributed by atoms with Gasteiger partial charge in [0.1, 0.15) is 0 Å². The molecule has 1 amide bonds. The van der Waals surface area contributed by atoms with Gasteiger partial charge in [0.25, 0.3) is 0 Å². The number of nitrogens with one attached hydrogen (secondary N) is 1. The van der Waals surface area contributed by atoms with Crippen LogP contribution in [0.2, 0.25) is 0 Å². The highest BCUT2D eigenvalue weighted by Gasteiger charge is 2.24. The number of benzene rings is 1. The van der Waals surface area contributed by atoms with Crippen LogP contribution in [0.25, 0.3) is 5.69 Å². The fourth-order valence-corrected chi connectivity index (χ4v) is 3.80. The molecule has 2 heterocycles. The molecule has 1 atom stereocenters. The maximum Gasteiger partial charge on any atom is 0.233 e. The minimum absolute atomic E-state index is 0.0852. The molecule has 0 aliphatic carbocycles. The first-order valence-electron chi connectivity index (χ1n) is 8.60. The molecule has 7 heteroatoms. The van der Waals surface area contributed by atoms with E-state index in [1.54, 1.807) is 4.68 Å². The molecule has 0 radical (unpaired) electrons. The van der Waals surface area contributed by atoms with Crippen LogP contribution in [0.3, 0.4) is 0 Å². The van der Waals surface area contributed by atoms with Crippen LogP contribution in [0.5, 0.6) is 0 Å². The lowest BCUT2D eigenvalue weighted by Gasteiger charge is -2.12. The van der Waals surface area contributed by atoms with Gasteiger partial charge in [-0.1, -0.05) is 43.7 Å². The number of hydrogen-bond donors (Lipinski definition) is 1. The fraction of sp³-hybridized carbons (Fsp3) is 0.529. The molecular formula is C17H23N5OS. The van der Waals surface area contributed by atoms with E-state index in [9.17, 15) is 4.79 Å². The van der Waals surface area contributed by atoms with Crippen molar-refractivity contribution in [1.29, 1.82) is 0 Å². The summed E-state index contributed by atoms with van der Waals surface area (Å²) in [6, 6.07) is 8.33. The summed E-state index contributed by atoms with van der Waals surface area (Å²) in [7, 11) is 0. The van der Waals surface area contributed by atoms with Gasteiger partial charge >= 0.3 is 0 Å². The van der Waals surface area contributed by atoms with Gasteiger partial charge < -0.3 is 5.32 Å². The van der Waals surface area contributed by atoms with E-state index in [0.717, 1.165) is 37.9 Å². The maximum atomic E-state index is 12.1. The van der Waals surface area contributed by atoms with Crippen molar-refractivity contribution in [3.63, 3.8) is 0 Å². The molecule has 1 aliphatic rings. The van der Waals surface area contributed by atoms with Crippen molar-refractivity contribution in [1.82, 2.24) is 25.5 Å². The van der Waals surface area contributed by atoms with E-state index < -0.39 is 0 Å². The summed E-state index contributed by atoms with van der Waals surface area (Å²) in [6.45, 7) is 2.96. The van der Waals surface area contributed by atoms with Gasteiger partial charge in [0.2, 0.25) is 11.1 Å². The molecule has 24 heavy (non-hydrogen) atoms. The highest BCUT2D eigenvalue weighted by Crippen LogP contribution is 2.27. The molecule has 1 aromatic carbocycles. The molecule has 0 bridgehead atoms. The minimum Gasteiger partial charge on any atom is -0.355 e. The Morgan fingerprint density at radius 1 is 1.29 bits per heavy atom. The molecule has 1 saturated heterocycles. The van der Waals surface area contributed by atoms with Crippen LogP contribution in [0, 0.1) is 0 Å². The van der Waals surface area contributed by atoms with Gasteiger partial charge in [-0.15, -0.1) is 5.10 Å². The summed E-state index contributed by atoms with van der Waals surface area (Å²) in [5.74, 6) is 0.0852. The number of amides is 1. The molecule has 0 unspecified atom stereocenters. The van der Waals surface area contributed by atoms with Gasteiger partial charge in [-0.25, -0.2) is 0 Å². The lowest BCUT2D eigenvalue weighted by Crippen LogP contribution is -2.30. The predicted molar refractivity (Wildman–Crippen MR) is 94.3 cm³/mol. The monoisotopic (exact) mass is 345 g/mol.